The molecule has 1 N–H and O–H groups in total. The van der Waals surface area contributed by atoms with Crippen LogP contribution in [-0.4, -0.2) is 33.3 Å². The first-order chi connectivity index (χ1) is 11.8. The summed E-state index contributed by atoms with van der Waals surface area (Å²) in [5, 5.41) is 13.6. The van der Waals surface area contributed by atoms with Crippen LogP contribution in [-0.2, 0) is 5.54 Å². The smallest absolute Gasteiger partial charge is 0.217 e. The number of quaternary nitrogens is 1. The molecule has 2 heterocycles. The molecule has 0 bridgehead atoms. The summed E-state index contributed by atoms with van der Waals surface area (Å²) in [6, 6.07) is 7.84. The molecule has 0 spiro atoms. The summed E-state index contributed by atoms with van der Waals surface area (Å²) < 4.78 is 1.93. The average Bonchev–Trinajstić information content (AvgIpc) is 3.13. The van der Waals surface area contributed by atoms with E-state index in [1.165, 1.54) is 64.5 Å². The molecule has 2 aliphatic rings. The molecule has 1 aliphatic carbocycles. The summed E-state index contributed by atoms with van der Waals surface area (Å²) in [6.07, 6.45) is 10.2. The second-order valence-electron chi connectivity index (χ2n) is 7.20. The quantitative estimate of drug-likeness (QED) is 0.929. The molecule has 2 aromatic rings. The molecule has 0 unspecified atom stereocenters. The Balaban J connectivity index is 1.78. The van der Waals surface area contributed by atoms with Gasteiger partial charge in [-0.15, -0.1) is 5.10 Å². The van der Waals surface area contributed by atoms with Gasteiger partial charge >= 0.3 is 0 Å². The number of benzene rings is 1. The first-order valence-corrected chi connectivity index (χ1v) is 9.57. The Labute approximate surface area is 148 Å². The largest absolute Gasteiger partial charge is 0.324 e. The molecule has 1 aromatic heterocycles. The zero-order chi connectivity index (χ0) is 16.4. The van der Waals surface area contributed by atoms with Crippen molar-refractivity contribution in [1.82, 2.24) is 20.2 Å². The summed E-state index contributed by atoms with van der Waals surface area (Å²) in [6.45, 7) is 2.48. The molecule has 128 valence electrons. The highest BCUT2D eigenvalue weighted by atomic mass is 35.5. The third kappa shape index (κ3) is 2.84. The van der Waals surface area contributed by atoms with Crippen molar-refractivity contribution in [2.75, 3.05) is 13.1 Å². The number of hydrogen-bond donors (Lipinski definition) is 1. The first kappa shape index (κ1) is 16.0. The minimum absolute atomic E-state index is 0.0600. The molecule has 5 nitrogen and oxygen atoms in total. The minimum atomic E-state index is 0.0600. The lowest BCUT2D eigenvalue weighted by molar-refractivity contribution is -0.968. The number of nitrogens with zero attached hydrogens (tertiary/aromatic N) is 4. The SMILES string of the molecule is Clc1cccc(-n2nnnc2C2([NH+]3CCCCC3)CCCCC2)c1. The lowest BCUT2D eigenvalue weighted by Gasteiger charge is -2.43. The van der Waals surface area contributed by atoms with Gasteiger partial charge in [0.05, 0.1) is 18.8 Å². The van der Waals surface area contributed by atoms with Crippen LogP contribution in [0.4, 0.5) is 0 Å². The van der Waals surface area contributed by atoms with Crippen molar-refractivity contribution in [2.45, 2.75) is 56.9 Å². The average molecular weight is 347 g/mol. The van der Waals surface area contributed by atoms with E-state index in [0.717, 1.165) is 16.5 Å². The molecule has 0 atom stereocenters. The Hall–Kier alpha value is -1.46. The van der Waals surface area contributed by atoms with Crippen LogP contribution < -0.4 is 4.90 Å². The number of hydrogen-bond acceptors (Lipinski definition) is 3. The van der Waals surface area contributed by atoms with E-state index in [0.29, 0.717) is 0 Å². The van der Waals surface area contributed by atoms with E-state index < -0.39 is 0 Å². The van der Waals surface area contributed by atoms with Crippen molar-refractivity contribution in [1.29, 1.82) is 0 Å². The number of halogens is 1. The lowest BCUT2D eigenvalue weighted by Crippen LogP contribution is -3.19. The van der Waals surface area contributed by atoms with Crippen LogP contribution in [0.2, 0.25) is 5.02 Å². The minimum Gasteiger partial charge on any atom is -0.324 e. The Kier molecular flexibility index (Phi) is 4.55. The fourth-order valence-electron chi connectivity index (χ4n) is 4.62. The number of piperidine rings is 1. The molecule has 24 heavy (non-hydrogen) atoms. The summed E-state index contributed by atoms with van der Waals surface area (Å²) in [5.74, 6) is 1.03. The van der Waals surface area contributed by atoms with Gasteiger partial charge in [-0.3, -0.25) is 0 Å². The highest BCUT2D eigenvalue weighted by Gasteiger charge is 2.48. The molecule has 0 radical (unpaired) electrons. The van der Waals surface area contributed by atoms with Crippen molar-refractivity contribution in [2.24, 2.45) is 0 Å². The molecule has 4 rings (SSSR count). The molecule has 1 aliphatic heterocycles. The summed E-state index contributed by atoms with van der Waals surface area (Å²) in [4.78, 5) is 1.69. The van der Waals surface area contributed by atoms with Gasteiger partial charge in [0.2, 0.25) is 5.82 Å². The van der Waals surface area contributed by atoms with Crippen LogP contribution in [0.25, 0.3) is 5.69 Å². The summed E-state index contributed by atoms with van der Waals surface area (Å²) in [7, 11) is 0. The molecule has 2 fully saturated rings. The van der Waals surface area contributed by atoms with E-state index in [4.69, 9.17) is 11.6 Å². The number of aromatic nitrogens is 4. The van der Waals surface area contributed by atoms with Crippen LogP contribution in [0.3, 0.4) is 0 Å². The Morgan fingerprint density at radius 3 is 2.50 bits per heavy atom. The van der Waals surface area contributed by atoms with E-state index in [2.05, 4.69) is 15.5 Å². The van der Waals surface area contributed by atoms with Gasteiger partial charge in [0.1, 0.15) is 0 Å². The van der Waals surface area contributed by atoms with Gasteiger partial charge in [0.25, 0.3) is 0 Å². The fourth-order valence-corrected chi connectivity index (χ4v) is 4.80. The topological polar surface area (TPSA) is 48.0 Å². The van der Waals surface area contributed by atoms with Gasteiger partial charge in [-0.2, -0.15) is 4.68 Å². The summed E-state index contributed by atoms with van der Waals surface area (Å²) in [5.41, 5.74) is 1.02. The van der Waals surface area contributed by atoms with Crippen LogP contribution in [0.15, 0.2) is 24.3 Å². The Bertz CT molecular complexity index is 686. The van der Waals surface area contributed by atoms with Gasteiger partial charge in [-0.1, -0.05) is 24.1 Å². The zero-order valence-corrected chi connectivity index (χ0v) is 14.8. The monoisotopic (exact) mass is 346 g/mol. The van der Waals surface area contributed by atoms with Crippen molar-refractivity contribution >= 4 is 11.6 Å². The Morgan fingerprint density at radius 1 is 1.00 bits per heavy atom. The number of nitrogens with one attached hydrogen (secondary N) is 1. The third-order valence-electron chi connectivity index (χ3n) is 5.79. The maximum atomic E-state index is 6.20. The van der Waals surface area contributed by atoms with Crippen LogP contribution in [0, 0.1) is 0 Å². The van der Waals surface area contributed by atoms with Crippen molar-refractivity contribution in [3.8, 4) is 5.69 Å². The van der Waals surface area contributed by atoms with E-state index in [1.807, 2.05) is 28.9 Å². The van der Waals surface area contributed by atoms with Crippen molar-refractivity contribution in [3.63, 3.8) is 0 Å². The highest BCUT2D eigenvalue weighted by Crippen LogP contribution is 2.34. The molecular formula is C18H25ClN5+. The predicted molar refractivity (Wildman–Crippen MR) is 93.5 cm³/mol. The van der Waals surface area contributed by atoms with Crippen molar-refractivity contribution < 1.29 is 4.90 Å². The second kappa shape index (κ2) is 6.81. The molecule has 1 saturated carbocycles. The normalized spacial score (nSPS) is 21.7. The molecule has 1 aromatic carbocycles. The van der Waals surface area contributed by atoms with Gasteiger partial charge < -0.3 is 4.90 Å². The van der Waals surface area contributed by atoms with E-state index >= 15 is 0 Å². The van der Waals surface area contributed by atoms with E-state index in [-0.39, 0.29) is 5.54 Å². The number of tetrazole rings is 1. The predicted octanol–water partition coefficient (Wildman–Crippen LogP) is 2.54. The van der Waals surface area contributed by atoms with Gasteiger partial charge in [0.15, 0.2) is 5.54 Å². The fraction of sp³-hybridized carbons (Fsp3) is 0.611. The van der Waals surface area contributed by atoms with E-state index in [1.54, 1.807) is 4.90 Å². The van der Waals surface area contributed by atoms with Crippen molar-refractivity contribution in [3.05, 3.63) is 35.1 Å². The maximum Gasteiger partial charge on any atom is 0.217 e. The number of rotatable bonds is 3. The lowest BCUT2D eigenvalue weighted by atomic mass is 9.78. The first-order valence-electron chi connectivity index (χ1n) is 9.20. The highest BCUT2D eigenvalue weighted by molar-refractivity contribution is 6.30. The summed E-state index contributed by atoms with van der Waals surface area (Å²) >= 11 is 6.20. The molecule has 1 saturated heterocycles. The molecule has 0 amide bonds. The molecular weight excluding hydrogens is 322 g/mol. The van der Waals surface area contributed by atoms with Crippen LogP contribution in [0.5, 0.6) is 0 Å². The van der Waals surface area contributed by atoms with Crippen LogP contribution >= 0.6 is 11.6 Å². The molecule has 6 heteroatoms. The standard InChI is InChI=1S/C18H24ClN5/c19-15-8-7-9-16(14-15)24-17(20-21-22-24)18(10-3-1-4-11-18)23-12-5-2-6-13-23/h7-9,14H,1-6,10-13H2/p+1. The van der Waals surface area contributed by atoms with Gasteiger partial charge in [-0.25, -0.2) is 0 Å². The number of likely N-dealkylation sites (tertiary alicyclic amines) is 1. The Morgan fingerprint density at radius 2 is 1.75 bits per heavy atom. The van der Waals surface area contributed by atoms with Crippen LogP contribution in [0.1, 0.15) is 57.2 Å². The zero-order valence-electron chi connectivity index (χ0n) is 14.0. The van der Waals surface area contributed by atoms with E-state index in [9.17, 15) is 0 Å². The third-order valence-corrected chi connectivity index (χ3v) is 6.03. The van der Waals surface area contributed by atoms with Gasteiger partial charge in [0, 0.05) is 17.9 Å². The maximum absolute atomic E-state index is 6.20. The second-order valence-corrected chi connectivity index (χ2v) is 7.64. The van der Waals surface area contributed by atoms with Gasteiger partial charge in [-0.05, 0) is 60.7 Å².